The Bertz CT molecular complexity index is 232. The van der Waals surface area contributed by atoms with Crippen LogP contribution in [0.3, 0.4) is 0 Å². The molecule has 1 amide bonds. The Morgan fingerprint density at radius 1 is 1.38 bits per heavy atom. The van der Waals surface area contributed by atoms with Gasteiger partial charge >= 0.3 is 0 Å². The van der Waals surface area contributed by atoms with E-state index in [4.69, 9.17) is 5.73 Å². The molecule has 4 nitrogen and oxygen atoms in total. The molecule has 4 heteroatoms. The summed E-state index contributed by atoms with van der Waals surface area (Å²) in [6, 6.07) is 1.13. The summed E-state index contributed by atoms with van der Waals surface area (Å²) in [6.45, 7) is 10.3. The molecule has 0 aromatic carbocycles. The zero-order chi connectivity index (χ0) is 12.3. The van der Waals surface area contributed by atoms with Crippen molar-refractivity contribution in [2.45, 2.75) is 52.2 Å². The highest BCUT2D eigenvalue weighted by atomic mass is 16.2. The number of amides is 1. The second-order valence-electron chi connectivity index (χ2n) is 5.22. The van der Waals surface area contributed by atoms with E-state index in [0.29, 0.717) is 12.1 Å². The van der Waals surface area contributed by atoms with Crippen molar-refractivity contribution >= 4 is 5.91 Å². The van der Waals surface area contributed by atoms with Crippen molar-refractivity contribution < 1.29 is 4.79 Å². The molecule has 1 saturated carbocycles. The molecule has 0 aromatic rings. The van der Waals surface area contributed by atoms with Crippen LogP contribution in [0.1, 0.15) is 34.1 Å². The Hall–Kier alpha value is -0.610. The number of hydrogen-bond donors (Lipinski definition) is 2. The third-order valence-electron chi connectivity index (χ3n) is 3.17. The predicted octanol–water partition coefficient (Wildman–Crippen LogP) is 0.569. The third kappa shape index (κ3) is 3.76. The van der Waals surface area contributed by atoms with Crippen LogP contribution in [-0.4, -0.2) is 42.0 Å². The van der Waals surface area contributed by atoms with Crippen LogP contribution in [0.4, 0.5) is 0 Å². The molecule has 0 heterocycles. The summed E-state index contributed by atoms with van der Waals surface area (Å²) < 4.78 is 0. The maximum absolute atomic E-state index is 11.5. The first kappa shape index (κ1) is 13.5. The van der Waals surface area contributed by atoms with E-state index in [1.165, 1.54) is 0 Å². The fraction of sp³-hybridized carbons (Fsp3) is 0.917. The maximum Gasteiger partial charge on any atom is 0.224 e. The number of carbonyl (C=O) groups is 1. The summed E-state index contributed by atoms with van der Waals surface area (Å²) >= 11 is 0. The first-order valence-corrected chi connectivity index (χ1v) is 6.22. The molecular weight excluding hydrogens is 202 g/mol. The molecular formula is C12H25N3O. The Morgan fingerprint density at radius 3 is 2.25 bits per heavy atom. The molecule has 2 unspecified atom stereocenters. The minimum absolute atomic E-state index is 0.0755. The minimum atomic E-state index is 0.0755. The fourth-order valence-electron chi connectivity index (χ4n) is 2.07. The van der Waals surface area contributed by atoms with E-state index in [9.17, 15) is 4.79 Å². The van der Waals surface area contributed by atoms with E-state index >= 15 is 0 Å². The average Bonchev–Trinajstić information content (AvgIpc) is 2.88. The minimum Gasteiger partial charge on any atom is -0.355 e. The summed E-state index contributed by atoms with van der Waals surface area (Å²) in [5, 5.41) is 2.95. The zero-order valence-electron chi connectivity index (χ0n) is 10.9. The van der Waals surface area contributed by atoms with E-state index in [-0.39, 0.29) is 17.9 Å². The zero-order valence-corrected chi connectivity index (χ0v) is 10.9. The second kappa shape index (κ2) is 5.64. The molecule has 0 saturated heterocycles. The lowest BCUT2D eigenvalue weighted by Crippen LogP contribution is -2.43. The van der Waals surface area contributed by atoms with Crippen molar-refractivity contribution in [3.05, 3.63) is 0 Å². The van der Waals surface area contributed by atoms with E-state index in [0.717, 1.165) is 19.5 Å². The monoisotopic (exact) mass is 227 g/mol. The standard InChI is InChI=1S/C12H25N3O/c1-8(2)15(9(3)4)6-5-14-12(16)10-7-11(10)13/h8-11H,5-7,13H2,1-4H3,(H,14,16). The van der Waals surface area contributed by atoms with Crippen molar-refractivity contribution in [1.82, 2.24) is 10.2 Å². The van der Waals surface area contributed by atoms with Crippen molar-refractivity contribution in [1.29, 1.82) is 0 Å². The van der Waals surface area contributed by atoms with Crippen molar-refractivity contribution in [2.75, 3.05) is 13.1 Å². The van der Waals surface area contributed by atoms with Crippen LogP contribution in [-0.2, 0) is 4.79 Å². The predicted molar refractivity (Wildman–Crippen MR) is 66.1 cm³/mol. The van der Waals surface area contributed by atoms with Gasteiger partial charge in [-0.3, -0.25) is 9.69 Å². The summed E-state index contributed by atoms with van der Waals surface area (Å²) in [5.41, 5.74) is 5.62. The number of carbonyl (C=O) groups excluding carboxylic acids is 1. The molecule has 0 bridgehead atoms. The molecule has 0 spiro atoms. The normalized spacial score (nSPS) is 24.2. The first-order chi connectivity index (χ1) is 7.43. The highest BCUT2D eigenvalue weighted by molar-refractivity contribution is 5.82. The topological polar surface area (TPSA) is 58.4 Å². The highest BCUT2D eigenvalue weighted by Gasteiger charge is 2.39. The number of nitrogens with one attached hydrogen (secondary N) is 1. The van der Waals surface area contributed by atoms with Gasteiger partial charge in [-0.1, -0.05) is 0 Å². The molecule has 1 rings (SSSR count). The van der Waals surface area contributed by atoms with Crippen molar-refractivity contribution in [2.24, 2.45) is 11.7 Å². The SMILES string of the molecule is CC(C)N(CCNC(=O)C1CC1N)C(C)C. The Balaban J connectivity index is 2.20. The van der Waals surface area contributed by atoms with Crippen LogP contribution >= 0.6 is 0 Å². The quantitative estimate of drug-likeness (QED) is 0.697. The van der Waals surface area contributed by atoms with Gasteiger partial charge in [0.05, 0.1) is 5.92 Å². The fourth-order valence-corrected chi connectivity index (χ4v) is 2.07. The number of nitrogens with zero attached hydrogens (tertiary/aromatic N) is 1. The molecule has 16 heavy (non-hydrogen) atoms. The van der Waals surface area contributed by atoms with E-state index in [1.54, 1.807) is 0 Å². The van der Waals surface area contributed by atoms with Gasteiger partial charge in [-0.2, -0.15) is 0 Å². The van der Waals surface area contributed by atoms with Gasteiger partial charge in [0, 0.05) is 31.2 Å². The van der Waals surface area contributed by atoms with Gasteiger partial charge in [0.1, 0.15) is 0 Å². The summed E-state index contributed by atoms with van der Waals surface area (Å²) in [5.74, 6) is 0.200. The van der Waals surface area contributed by atoms with Gasteiger partial charge in [-0.05, 0) is 34.1 Å². The molecule has 1 aliphatic rings. The van der Waals surface area contributed by atoms with Crippen molar-refractivity contribution in [3.63, 3.8) is 0 Å². The van der Waals surface area contributed by atoms with Gasteiger partial charge < -0.3 is 11.1 Å². The summed E-state index contributed by atoms with van der Waals surface area (Å²) in [6.07, 6.45) is 0.851. The lowest BCUT2D eigenvalue weighted by Gasteiger charge is -2.30. The molecule has 0 aliphatic heterocycles. The highest BCUT2D eigenvalue weighted by Crippen LogP contribution is 2.27. The molecule has 94 valence electrons. The number of rotatable bonds is 6. The Kier molecular flexibility index (Phi) is 4.74. The summed E-state index contributed by atoms with van der Waals surface area (Å²) in [7, 11) is 0. The van der Waals surface area contributed by atoms with Crippen LogP contribution < -0.4 is 11.1 Å². The van der Waals surface area contributed by atoms with E-state index in [1.807, 2.05) is 0 Å². The van der Waals surface area contributed by atoms with E-state index < -0.39 is 0 Å². The summed E-state index contributed by atoms with van der Waals surface area (Å²) in [4.78, 5) is 13.9. The largest absolute Gasteiger partial charge is 0.355 e. The molecule has 0 aromatic heterocycles. The van der Waals surface area contributed by atoms with Gasteiger partial charge in [-0.25, -0.2) is 0 Å². The molecule has 3 N–H and O–H groups in total. The average molecular weight is 227 g/mol. The van der Waals surface area contributed by atoms with Crippen LogP contribution in [0.15, 0.2) is 0 Å². The smallest absolute Gasteiger partial charge is 0.224 e. The van der Waals surface area contributed by atoms with Crippen LogP contribution in [0.25, 0.3) is 0 Å². The van der Waals surface area contributed by atoms with Gasteiger partial charge in [0.15, 0.2) is 0 Å². The molecule has 1 fully saturated rings. The van der Waals surface area contributed by atoms with Crippen molar-refractivity contribution in [3.8, 4) is 0 Å². The second-order valence-corrected chi connectivity index (χ2v) is 5.22. The molecule has 1 aliphatic carbocycles. The maximum atomic E-state index is 11.5. The lowest BCUT2D eigenvalue weighted by atomic mass is 10.2. The number of nitrogens with two attached hydrogens (primary N) is 1. The Morgan fingerprint density at radius 2 is 1.88 bits per heavy atom. The van der Waals surface area contributed by atoms with Gasteiger partial charge in [0.2, 0.25) is 5.91 Å². The third-order valence-corrected chi connectivity index (χ3v) is 3.17. The molecule has 0 radical (unpaired) electrons. The van der Waals surface area contributed by atoms with Crippen LogP contribution in [0.5, 0.6) is 0 Å². The van der Waals surface area contributed by atoms with E-state index in [2.05, 4.69) is 37.9 Å². The first-order valence-electron chi connectivity index (χ1n) is 6.22. The molecule has 2 atom stereocenters. The Labute approximate surface area is 98.6 Å². The van der Waals surface area contributed by atoms with Gasteiger partial charge in [0.25, 0.3) is 0 Å². The lowest BCUT2D eigenvalue weighted by molar-refractivity contribution is -0.122. The van der Waals surface area contributed by atoms with Crippen LogP contribution in [0, 0.1) is 5.92 Å². The van der Waals surface area contributed by atoms with Gasteiger partial charge in [-0.15, -0.1) is 0 Å². The number of hydrogen-bond acceptors (Lipinski definition) is 3. The van der Waals surface area contributed by atoms with Crippen LogP contribution in [0.2, 0.25) is 0 Å².